The van der Waals surface area contributed by atoms with Gasteiger partial charge in [-0.15, -0.1) is 18.3 Å². The lowest BCUT2D eigenvalue weighted by Gasteiger charge is -2.10. The summed E-state index contributed by atoms with van der Waals surface area (Å²) in [5.41, 5.74) is 1.31. The lowest BCUT2D eigenvalue weighted by molar-refractivity contribution is 0.102. The highest BCUT2D eigenvalue weighted by molar-refractivity contribution is 9.10. The van der Waals surface area contributed by atoms with Crippen LogP contribution >= 0.6 is 39.3 Å². The van der Waals surface area contributed by atoms with Crippen molar-refractivity contribution in [2.75, 3.05) is 11.1 Å². The van der Waals surface area contributed by atoms with E-state index in [-0.39, 0.29) is 5.91 Å². The van der Waals surface area contributed by atoms with Gasteiger partial charge in [0.25, 0.3) is 5.91 Å². The first-order valence-electron chi connectivity index (χ1n) is 6.21. The molecule has 0 aliphatic carbocycles. The molecule has 0 fully saturated rings. The van der Waals surface area contributed by atoms with Gasteiger partial charge in [-0.05, 0) is 46.3 Å². The molecular weight excluding hydrogens is 370 g/mol. The van der Waals surface area contributed by atoms with Gasteiger partial charge in [0.15, 0.2) is 0 Å². The number of anilines is 1. The van der Waals surface area contributed by atoms with Crippen LogP contribution in [0.1, 0.15) is 10.4 Å². The number of para-hydroxylation sites is 1. The molecule has 5 heteroatoms. The van der Waals surface area contributed by atoms with Gasteiger partial charge in [0, 0.05) is 20.7 Å². The maximum Gasteiger partial charge on any atom is 0.255 e. The molecule has 108 valence electrons. The molecule has 0 saturated carbocycles. The van der Waals surface area contributed by atoms with E-state index >= 15 is 0 Å². The second-order valence-electron chi connectivity index (χ2n) is 4.18. The van der Waals surface area contributed by atoms with Gasteiger partial charge in [0.05, 0.1) is 10.7 Å². The average Bonchev–Trinajstić information content (AvgIpc) is 2.49. The standard InChI is InChI=1S/C16H13BrClNOS/c1-2-9-21-15-6-4-3-5-14(15)19-16(20)11-7-8-12(17)13(18)10-11/h2-8,10H,1,9H2,(H,19,20). The fourth-order valence-electron chi connectivity index (χ4n) is 1.68. The predicted molar refractivity (Wildman–Crippen MR) is 94.5 cm³/mol. The Morgan fingerprint density at radius 1 is 1.33 bits per heavy atom. The third kappa shape index (κ3) is 4.37. The minimum atomic E-state index is -0.184. The molecule has 2 rings (SSSR count). The van der Waals surface area contributed by atoms with Crippen molar-refractivity contribution in [2.24, 2.45) is 0 Å². The molecule has 2 nitrogen and oxygen atoms in total. The molecule has 0 heterocycles. The van der Waals surface area contributed by atoms with Crippen molar-refractivity contribution in [1.82, 2.24) is 0 Å². The van der Waals surface area contributed by atoms with E-state index in [2.05, 4.69) is 27.8 Å². The summed E-state index contributed by atoms with van der Waals surface area (Å²) >= 11 is 11.0. The molecule has 0 bridgehead atoms. The van der Waals surface area contributed by atoms with Crippen LogP contribution in [0.5, 0.6) is 0 Å². The Kier molecular flexibility index (Phi) is 5.91. The second-order valence-corrected chi connectivity index (χ2v) is 6.50. The number of hydrogen-bond acceptors (Lipinski definition) is 2. The molecule has 0 aliphatic heterocycles. The summed E-state index contributed by atoms with van der Waals surface area (Å²) in [6.45, 7) is 3.70. The number of carbonyl (C=O) groups excluding carboxylic acids is 1. The summed E-state index contributed by atoms with van der Waals surface area (Å²) in [7, 11) is 0. The van der Waals surface area contributed by atoms with Crippen LogP contribution in [0.3, 0.4) is 0 Å². The third-order valence-electron chi connectivity index (χ3n) is 2.67. The number of amides is 1. The molecule has 0 atom stereocenters. The number of hydrogen-bond donors (Lipinski definition) is 1. The monoisotopic (exact) mass is 381 g/mol. The van der Waals surface area contributed by atoms with E-state index in [1.54, 1.807) is 30.0 Å². The molecule has 0 aromatic heterocycles. The maximum atomic E-state index is 12.3. The van der Waals surface area contributed by atoms with Crippen LogP contribution in [0, 0.1) is 0 Å². The zero-order valence-corrected chi connectivity index (χ0v) is 14.3. The smallest absolute Gasteiger partial charge is 0.255 e. The topological polar surface area (TPSA) is 29.1 Å². The number of halogens is 2. The Hall–Kier alpha value is -1.23. The highest BCUT2D eigenvalue weighted by atomic mass is 79.9. The van der Waals surface area contributed by atoms with Gasteiger partial charge < -0.3 is 5.32 Å². The van der Waals surface area contributed by atoms with E-state index in [1.165, 1.54) is 0 Å². The largest absolute Gasteiger partial charge is 0.321 e. The summed E-state index contributed by atoms with van der Waals surface area (Å²) in [5, 5.41) is 3.43. The molecule has 1 amide bonds. The van der Waals surface area contributed by atoms with Crippen LogP contribution in [0.4, 0.5) is 5.69 Å². The van der Waals surface area contributed by atoms with Crippen LogP contribution in [-0.4, -0.2) is 11.7 Å². The normalized spacial score (nSPS) is 10.2. The summed E-state index contributed by atoms with van der Waals surface area (Å²) < 4.78 is 0.766. The fraction of sp³-hybridized carbons (Fsp3) is 0.0625. The van der Waals surface area contributed by atoms with Crippen molar-refractivity contribution in [3.63, 3.8) is 0 Å². The molecule has 21 heavy (non-hydrogen) atoms. The van der Waals surface area contributed by atoms with Crippen LogP contribution in [0.15, 0.2) is 64.5 Å². The lowest BCUT2D eigenvalue weighted by Crippen LogP contribution is -2.12. The van der Waals surface area contributed by atoms with Crippen LogP contribution in [0.25, 0.3) is 0 Å². The van der Waals surface area contributed by atoms with Crippen LogP contribution in [-0.2, 0) is 0 Å². The number of carbonyl (C=O) groups is 1. The van der Waals surface area contributed by atoms with Crippen LogP contribution in [0.2, 0.25) is 5.02 Å². The Labute approximate surface area is 141 Å². The molecule has 0 unspecified atom stereocenters. The molecule has 0 radical (unpaired) electrons. The van der Waals surface area contributed by atoms with Gasteiger partial charge in [-0.1, -0.05) is 29.8 Å². The van der Waals surface area contributed by atoms with E-state index in [1.807, 2.05) is 30.3 Å². The highest BCUT2D eigenvalue weighted by Crippen LogP contribution is 2.28. The fourth-order valence-corrected chi connectivity index (χ4v) is 2.85. The molecular formula is C16H13BrClNOS. The molecule has 2 aromatic carbocycles. The summed E-state index contributed by atoms with van der Waals surface area (Å²) in [5.74, 6) is 0.604. The van der Waals surface area contributed by atoms with Gasteiger partial charge in [0.2, 0.25) is 0 Å². The van der Waals surface area contributed by atoms with Crippen molar-refractivity contribution in [1.29, 1.82) is 0 Å². The van der Waals surface area contributed by atoms with Gasteiger partial charge in [0.1, 0.15) is 0 Å². The van der Waals surface area contributed by atoms with Crippen molar-refractivity contribution in [3.8, 4) is 0 Å². The Morgan fingerprint density at radius 3 is 2.81 bits per heavy atom. The van der Waals surface area contributed by atoms with E-state index in [0.29, 0.717) is 10.6 Å². The summed E-state index contributed by atoms with van der Waals surface area (Å²) in [6.07, 6.45) is 1.83. The summed E-state index contributed by atoms with van der Waals surface area (Å²) in [6, 6.07) is 12.8. The number of benzene rings is 2. The van der Waals surface area contributed by atoms with Gasteiger partial charge in [-0.2, -0.15) is 0 Å². The van der Waals surface area contributed by atoms with Gasteiger partial charge in [-0.25, -0.2) is 0 Å². The van der Waals surface area contributed by atoms with Crippen molar-refractivity contribution in [3.05, 3.63) is 70.2 Å². The van der Waals surface area contributed by atoms with Crippen molar-refractivity contribution < 1.29 is 4.79 Å². The zero-order chi connectivity index (χ0) is 15.2. The quantitative estimate of drug-likeness (QED) is 0.536. The second kappa shape index (κ2) is 7.69. The first-order chi connectivity index (χ1) is 10.1. The molecule has 2 aromatic rings. The number of rotatable bonds is 5. The average molecular weight is 383 g/mol. The van der Waals surface area contributed by atoms with E-state index in [4.69, 9.17) is 11.6 Å². The minimum absolute atomic E-state index is 0.184. The molecule has 0 aliphatic rings. The molecule has 1 N–H and O–H groups in total. The zero-order valence-electron chi connectivity index (χ0n) is 11.1. The molecule has 0 saturated heterocycles. The Morgan fingerprint density at radius 2 is 2.10 bits per heavy atom. The highest BCUT2D eigenvalue weighted by Gasteiger charge is 2.10. The first-order valence-corrected chi connectivity index (χ1v) is 8.36. The maximum absolute atomic E-state index is 12.3. The van der Waals surface area contributed by atoms with E-state index in [9.17, 15) is 4.79 Å². The Balaban J connectivity index is 2.19. The number of nitrogens with one attached hydrogen (secondary N) is 1. The third-order valence-corrected chi connectivity index (χ3v) is 4.98. The van der Waals surface area contributed by atoms with Gasteiger partial charge >= 0.3 is 0 Å². The van der Waals surface area contributed by atoms with E-state index in [0.717, 1.165) is 20.8 Å². The van der Waals surface area contributed by atoms with Crippen molar-refractivity contribution in [2.45, 2.75) is 4.90 Å². The van der Waals surface area contributed by atoms with E-state index < -0.39 is 0 Å². The predicted octanol–water partition coefficient (Wildman–Crippen LogP) is 5.63. The van der Waals surface area contributed by atoms with Crippen molar-refractivity contribution >= 4 is 50.9 Å². The SMILES string of the molecule is C=CCSc1ccccc1NC(=O)c1ccc(Br)c(Cl)c1. The first kappa shape index (κ1) is 16.1. The lowest BCUT2D eigenvalue weighted by atomic mass is 10.2. The number of thioether (sulfide) groups is 1. The van der Waals surface area contributed by atoms with Gasteiger partial charge in [-0.3, -0.25) is 4.79 Å². The Bertz CT molecular complexity index is 675. The van der Waals surface area contributed by atoms with Crippen LogP contribution < -0.4 is 5.32 Å². The molecule has 0 spiro atoms. The summed E-state index contributed by atoms with van der Waals surface area (Å²) in [4.78, 5) is 13.3. The minimum Gasteiger partial charge on any atom is -0.321 e.